The highest BCUT2D eigenvalue weighted by Gasteiger charge is 2.42. The topological polar surface area (TPSA) is 58.4 Å². The molecule has 3 fully saturated rings. The summed E-state index contributed by atoms with van der Waals surface area (Å²) in [5, 5.41) is 3.30. The number of nitrogens with two attached hydrogens (primary N) is 1. The van der Waals surface area contributed by atoms with Crippen molar-refractivity contribution in [1.82, 2.24) is 10.2 Å². The van der Waals surface area contributed by atoms with Crippen molar-refractivity contribution >= 4 is 18.3 Å². The lowest BCUT2D eigenvalue weighted by Crippen LogP contribution is -2.47. The van der Waals surface area contributed by atoms with Gasteiger partial charge in [0.15, 0.2) is 0 Å². The zero-order valence-electron chi connectivity index (χ0n) is 14.5. The number of hydrogen-bond acceptors (Lipinski definition) is 3. The van der Waals surface area contributed by atoms with Crippen LogP contribution in [-0.2, 0) is 4.79 Å². The predicted molar refractivity (Wildman–Crippen MR) is 96.6 cm³/mol. The average molecular weight is 344 g/mol. The Balaban J connectivity index is 0.00000192. The van der Waals surface area contributed by atoms with Crippen LogP contribution in [0, 0.1) is 23.7 Å². The van der Waals surface area contributed by atoms with Gasteiger partial charge in [-0.05, 0) is 82.2 Å². The molecule has 2 aliphatic carbocycles. The van der Waals surface area contributed by atoms with E-state index in [1.165, 1.54) is 38.5 Å². The smallest absolute Gasteiger partial charge is 0.234 e. The lowest BCUT2D eigenvalue weighted by molar-refractivity contribution is -0.123. The number of amides is 1. The highest BCUT2D eigenvalue weighted by atomic mass is 35.5. The van der Waals surface area contributed by atoms with Gasteiger partial charge in [0.25, 0.3) is 0 Å². The van der Waals surface area contributed by atoms with Crippen LogP contribution < -0.4 is 11.1 Å². The summed E-state index contributed by atoms with van der Waals surface area (Å²) < 4.78 is 0. The number of fused-ring (bicyclic) bond motifs is 2. The zero-order valence-corrected chi connectivity index (χ0v) is 15.3. The Hall–Kier alpha value is -0.320. The summed E-state index contributed by atoms with van der Waals surface area (Å²) in [6.07, 6.45) is 9.16. The van der Waals surface area contributed by atoms with Gasteiger partial charge in [-0.15, -0.1) is 12.4 Å². The number of carbonyl (C=O) groups excluding carboxylic acids is 1. The molecule has 5 heteroatoms. The Morgan fingerprint density at radius 2 is 2.13 bits per heavy atom. The molecule has 5 unspecified atom stereocenters. The molecule has 1 heterocycles. The van der Waals surface area contributed by atoms with Gasteiger partial charge in [-0.1, -0.05) is 6.42 Å². The molecular formula is C18H34ClN3O. The molecule has 4 nitrogen and oxygen atoms in total. The summed E-state index contributed by atoms with van der Waals surface area (Å²) in [4.78, 5) is 14.7. The average Bonchev–Trinajstić information content (AvgIpc) is 3.10. The van der Waals surface area contributed by atoms with E-state index in [0.717, 1.165) is 43.8 Å². The Morgan fingerprint density at radius 3 is 2.78 bits per heavy atom. The third-order valence-corrected chi connectivity index (χ3v) is 6.37. The van der Waals surface area contributed by atoms with Crippen LogP contribution in [0.2, 0.25) is 0 Å². The molecule has 0 spiro atoms. The number of halogens is 1. The summed E-state index contributed by atoms with van der Waals surface area (Å²) in [5.74, 6) is 3.48. The first-order chi connectivity index (χ1) is 10.7. The largest absolute Gasteiger partial charge is 0.352 e. The minimum absolute atomic E-state index is 0. The zero-order chi connectivity index (χ0) is 15.5. The standard InChI is InChI=1S/C18H33N3O.ClH/c1-13(17-10-15-4-5-16(17)9-15)20-18(22)12-21-8-2-3-14(11-21)6-7-19;/h13-17H,2-12,19H2,1H3,(H,20,22);1H. The molecule has 23 heavy (non-hydrogen) atoms. The van der Waals surface area contributed by atoms with Crippen molar-refractivity contribution in [1.29, 1.82) is 0 Å². The summed E-state index contributed by atoms with van der Waals surface area (Å²) in [6.45, 7) is 5.68. The van der Waals surface area contributed by atoms with Gasteiger partial charge in [-0.3, -0.25) is 9.69 Å². The molecule has 134 valence electrons. The molecule has 5 atom stereocenters. The van der Waals surface area contributed by atoms with Gasteiger partial charge in [0, 0.05) is 12.6 Å². The molecular weight excluding hydrogens is 310 g/mol. The highest BCUT2D eigenvalue weighted by molar-refractivity contribution is 5.85. The third-order valence-electron chi connectivity index (χ3n) is 6.37. The Bertz CT molecular complexity index is 390. The van der Waals surface area contributed by atoms with Gasteiger partial charge in [-0.25, -0.2) is 0 Å². The number of piperidine rings is 1. The first-order valence-electron chi connectivity index (χ1n) is 9.37. The molecule has 1 amide bonds. The summed E-state index contributed by atoms with van der Waals surface area (Å²) >= 11 is 0. The normalized spacial score (nSPS) is 34.9. The number of nitrogens with zero attached hydrogens (tertiary/aromatic N) is 1. The number of likely N-dealkylation sites (tertiary alicyclic amines) is 1. The molecule has 1 aliphatic heterocycles. The van der Waals surface area contributed by atoms with Crippen molar-refractivity contribution in [2.45, 2.75) is 57.9 Å². The maximum atomic E-state index is 12.4. The molecule has 0 radical (unpaired) electrons. The minimum Gasteiger partial charge on any atom is -0.352 e. The molecule has 0 aromatic heterocycles. The lowest BCUT2D eigenvalue weighted by atomic mass is 9.84. The third kappa shape index (κ3) is 4.83. The van der Waals surface area contributed by atoms with Gasteiger partial charge in [0.05, 0.1) is 6.54 Å². The van der Waals surface area contributed by atoms with Gasteiger partial charge in [0.2, 0.25) is 5.91 Å². The van der Waals surface area contributed by atoms with Gasteiger partial charge >= 0.3 is 0 Å². The second kappa shape index (κ2) is 8.68. The summed E-state index contributed by atoms with van der Waals surface area (Å²) in [6, 6.07) is 0.354. The fourth-order valence-electron chi connectivity index (χ4n) is 5.28. The van der Waals surface area contributed by atoms with Gasteiger partial charge in [0.1, 0.15) is 0 Å². The van der Waals surface area contributed by atoms with Crippen molar-refractivity contribution in [2.75, 3.05) is 26.2 Å². The van der Waals surface area contributed by atoms with E-state index in [0.29, 0.717) is 18.5 Å². The molecule has 1 saturated heterocycles. The van der Waals surface area contributed by atoms with Crippen molar-refractivity contribution in [3.8, 4) is 0 Å². The van der Waals surface area contributed by atoms with Crippen LogP contribution in [0.3, 0.4) is 0 Å². The van der Waals surface area contributed by atoms with E-state index in [1.807, 2.05) is 0 Å². The Labute approximate surface area is 147 Å². The first kappa shape index (κ1) is 19.0. The SMILES string of the molecule is CC(NC(=O)CN1CCCC(CCN)C1)C1CC2CCC1C2.Cl. The van der Waals surface area contributed by atoms with Crippen molar-refractivity contribution in [2.24, 2.45) is 29.4 Å². The van der Waals surface area contributed by atoms with E-state index in [4.69, 9.17) is 5.73 Å². The maximum Gasteiger partial charge on any atom is 0.234 e. The van der Waals surface area contributed by atoms with E-state index in [9.17, 15) is 4.79 Å². The second-order valence-electron chi connectivity index (χ2n) is 8.02. The maximum absolute atomic E-state index is 12.4. The van der Waals surface area contributed by atoms with Crippen LogP contribution in [0.5, 0.6) is 0 Å². The van der Waals surface area contributed by atoms with E-state index < -0.39 is 0 Å². The van der Waals surface area contributed by atoms with E-state index in [2.05, 4.69) is 17.1 Å². The van der Waals surface area contributed by atoms with Crippen molar-refractivity contribution < 1.29 is 4.79 Å². The van der Waals surface area contributed by atoms with E-state index >= 15 is 0 Å². The minimum atomic E-state index is 0. The Kier molecular flexibility index (Phi) is 7.18. The fraction of sp³-hybridized carbons (Fsp3) is 0.944. The fourth-order valence-corrected chi connectivity index (χ4v) is 5.28. The number of rotatable bonds is 6. The van der Waals surface area contributed by atoms with Crippen LogP contribution in [-0.4, -0.2) is 43.0 Å². The molecule has 3 aliphatic rings. The molecule has 0 aromatic rings. The van der Waals surface area contributed by atoms with E-state index in [-0.39, 0.29) is 18.3 Å². The number of nitrogens with one attached hydrogen (secondary N) is 1. The molecule has 3 N–H and O–H groups in total. The van der Waals surface area contributed by atoms with Crippen LogP contribution in [0.25, 0.3) is 0 Å². The molecule has 2 bridgehead atoms. The predicted octanol–water partition coefficient (Wildman–Crippen LogP) is 2.41. The summed E-state index contributed by atoms with van der Waals surface area (Å²) in [5.41, 5.74) is 5.67. The van der Waals surface area contributed by atoms with Gasteiger partial charge in [-0.2, -0.15) is 0 Å². The van der Waals surface area contributed by atoms with Crippen LogP contribution in [0.15, 0.2) is 0 Å². The summed E-state index contributed by atoms with van der Waals surface area (Å²) in [7, 11) is 0. The second-order valence-corrected chi connectivity index (χ2v) is 8.02. The van der Waals surface area contributed by atoms with Crippen molar-refractivity contribution in [3.05, 3.63) is 0 Å². The molecule has 3 rings (SSSR count). The van der Waals surface area contributed by atoms with Gasteiger partial charge < -0.3 is 11.1 Å². The monoisotopic (exact) mass is 343 g/mol. The molecule has 0 aromatic carbocycles. The Morgan fingerprint density at radius 1 is 1.30 bits per heavy atom. The molecule has 2 saturated carbocycles. The van der Waals surface area contributed by atoms with E-state index in [1.54, 1.807) is 0 Å². The number of carbonyl (C=O) groups is 1. The van der Waals surface area contributed by atoms with Crippen LogP contribution >= 0.6 is 12.4 Å². The highest BCUT2D eigenvalue weighted by Crippen LogP contribution is 2.49. The van der Waals surface area contributed by atoms with Crippen LogP contribution in [0.1, 0.15) is 51.9 Å². The van der Waals surface area contributed by atoms with Crippen LogP contribution in [0.4, 0.5) is 0 Å². The first-order valence-corrected chi connectivity index (χ1v) is 9.37. The lowest BCUT2D eigenvalue weighted by Gasteiger charge is -2.33. The quantitative estimate of drug-likeness (QED) is 0.778. The number of hydrogen-bond donors (Lipinski definition) is 2. The van der Waals surface area contributed by atoms with Crippen molar-refractivity contribution in [3.63, 3.8) is 0 Å².